The molecule has 0 aliphatic rings. The van der Waals surface area contributed by atoms with Crippen LogP contribution in [0, 0.1) is 0 Å². The van der Waals surface area contributed by atoms with Gasteiger partial charge in [0, 0.05) is 6.42 Å². The zero-order chi connectivity index (χ0) is 52.7. The molecule has 0 aromatic heterocycles. The second kappa shape index (κ2) is 52.0. The van der Waals surface area contributed by atoms with Crippen LogP contribution in [0.5, 0.6) is 0 Å². The van der Waals surface area contributed by atoms with E-state index >= 15 is 0 Å². The molecule has 0 aromatic carbocycles. The van der Waals surface area contributed by atoms with Crippen molar-refractivity contribution in [3.63, 3.8) is 0 Å². The molecule has 3 atom stereocenters. The summed E-state index contributed by atoms with van der Waals surface area (Å²) in [6.45, 7) is 4.55. The van der Waals surface area contributed by atoms with Gasteiger partial charge in [-0.15, -0.1) is 0 Å². The van der Waals surface area contributed by atoms with E-state index in [1.54, 1.807) is 6.08 Å². The van der Waals surface area contributed by atoms with Gasteiger partial charge in [-0.3, -0.25) is 13.8 Å². The van der Waals surface area contributed by atoms with E-state index < -0.39 is 20.0 Å². The normalized spacial score (nSPS) is 15.2. The Hall–Kier alpha value is -3.88. The molecule has 0 heterocycles. The Labute approximate surface area is 441 Å². The van der Waals surface area contributed by atoms with Crippen LogP contribution in [0.3, 0.4) is 0 Å². The van der Waals surface area contributed by atoms with Gasteiger partial charge in [0.2, 0.25) is 5.91 Å². The number of phosphoric ester groups is 1. The molecule has 3 unspecified atom stereocenters. The number of likely N-dealkylation sites (N-methyl/N-ethyl adjacent to an activating group) is 1. The number of amides is 1. The van der Waals surface area contributed by atoms with Crippen LogP contribution >= 0.6 is 7.82 Å². The Balaban J connectivity index is 4.14. The minimum atomic E-state index is -4.36. The Kier molecular flexibility index (Phi) is 49.2. The monoisotopic (exact) mass is 1020 g/mol. The van der Waals surface area contributed by atoms with Crippen molar-refractivity contribution in [1.29, 1.82) is 0 Å². The van der Waals surface area contributed by atoms with E-state index in [2.05, 4.69) is 165 Å². The van der Waals surface area contributed by atoms with Crippen molar-refractivity contribution < 1.29 is 32.9 Å². The number of carbonyl (C=O) groups excluding carboxylic acids is 1. The lowest BCUT2D eigenvalue weighted by Gasteiger charge is -2.25. The van der Waals surface area contributed by atoms with Gasteiger partial charge >= 0.3 is 7.82 Å². The summed E-state index contributed by atoms with van der Waals surface area (Å²) in [6.07, 6.45) is 82.1. The van der Waals surface area contributed by atoms with E-state index in [-0.39, 0.29) is 19.1 Å². The smallest absolute Gasteiger partial charge is 0.387 e. The first-order valence-electron chi connectivity index (χ1n) is 27.9. The summed E-state index contributed by atoms with van der Waals surface area (Å²) in [7, 11) is 1.51. The second-order valence-electron chi connectivity index (χ2n) is 19.2. The van der Waals surface area contributed by atoms with Gasteiger partial charge in [0.15, 0.2) is 0 Å². The topological polar surface area (TPSA) is 105 Å². The molecule has 9 heteroatoms. The largest absolute Gasteiger partial charge is 0.472 e. The average Bonchev–Trinajstić information content (AvgIpc) is 3.34. The number of allylic oxidation sites excluding steroid dienone is 25. The highest BCUT2D eigenvalue weighted by Crippen LogP contribution is 2.43. The molecule has 0 rings (SSSR count). The summed E-state index contributed by atoms with van der Waals surface area (Å²) in [5.41, 5.74) is 0. The molecule has 0 spiro atoms. The third-order valence-corrected chi connectivity index (χ3v) is 12.2. The van der Waals surface area contributed by atoms with Gasteiger partial charge < -0.3 is 19.8 Å². The quantitative estimate of drug-likeness (QED) is 0.0243. The molecule has 0 aliphatic heterocycles. The summed E-state index contributed by atoms with van der Waals surface area (Å²) >= 11 is 0. The molecule has 0 aromatic rings. The highest BCUT2D eigenvalue weighted by atomic mass is 31.2. The number of rotatable bonds is 48. The van der Waals surface area contributed by atoms with Crippen LogP contribution in [-0.4, -0.2) is 73.4 Å². The van der Waals surface area contributed by atoms with Gasteiger partial charge in [0.05, 0.1) is 39.9 Å². The minimum Gasteiger partial charge on any atom is -0.387 e. The molecule has 0 saturated heterocycles. The maximum Gasteiger partial charge on any atom is 0.472 e. The molecule has 1 amide bonds. The third-order valence-electron chi connectivity index (χ3n) is 11.2. The molecule has 0 saturated carbocycles. The van der Waals surface area contributed by atoms with Crippen molar-refractivity contribution in [3.8, 4) is 0 Å². The lowest BCUT2D eigenvalue weighted by Crippen LogP contribution is -2.45. The van der Waals surface area contributed by atoms with E-state index in [1.807, 2.05) is 27.2 Å². The summed E-state index contributed by atoms with van der Waals surface area (Å²) < 4.78 is 23.6. The van der Waals surface area contributed by atoms with Crippen molar-refractivity contribution in [3.05, 3.63) is 158 Å². The molecule has 3 N–H and O–H groups in total. The van der Waals surface area contributed by atoms with Crippen molar-refractivity contribution in [2.75, 3.05) is 40.9 Å². The Morgan fingerprint density at radius 1 is 0.486 bits per heavy atom. The maximum atomic E-state index is 12.9. The first-order chi connectivity index (χ1) is 35.0. The molecule has 0 bridgehead atoms. The Morgan fingerprint density at radius 2 is 0.847 bits per heavy atom. The zero-order valence-corrected chi connectivity index (χ0v) is 47.0. The summed E-state index contributed by atoms with van der Waals surface area (Å²) in [6, 6.07) is -0.884. The fourth-order valence-corrected chi connectivity index (χ4v) is 7.61. The van der Waals surface area contributed by atoms with Gasteiger partial charge in [0.1, 0.15) is 13.2 Å². The maximum absolute atomic E-state index is 12.9. The van der Waals surface area contributed by atoms with Gasteiger partial charge in [0.25, 0.3) is 0 Å². The number of aliphatic hydroxyl groups excluding tert-OH is 1. The van der Waals surface area contributed by atoms with Gasteiger partial charge in [-0.2, -0.15) is 0 Å². The van der Waals surface area contributed by atoms with Crippen LogP contribution in [0.25, 0.3) is 0 Å². The predicted octanol–water partition coefficient (Wildman–Crippen LogP) is 17.1. The first-order valence-corrected chi connectivity index (χ1v) is 29.4. The van der Waals surface area contributed by atoms with Crippen LogP contribution in [0.2, 0.25) is 0 Å². The standard InChI is InChI=1S/C63H103N2O6P/c1-6-8-10-12-14-16-18-19-20-21-22-23-24-25-26-27-28-29-30-31-32-33-34-35-36-37-38-39-40-41-42-43-44-45-47-49-51-53-55-57-63(67)64-61(60-71-72(68,69)70-59-58-65(3,4)5)62(66)56-54-52-50-48-46-17-15-13-11-9-7-2/h8,10-11,13-14,16,19-20,22-23,25-26,28-29,31-32,34-35,37-38,40-41,46,48,54,56,61-62,66H,6-7,9,12,15,17-18,21,24,27,30,33,36,39,42-45,47,49-53,55,57-60H2,1-5H3,(H-,64,67,68,69)/p+1/b10-8-,13-11+,16-14-,20-19-,23-22-,26-25-,29-28-,32-31-,35-34-,38-37-,41-40-,48-46+,56-54+. The van der Waals surface area contributed by atoms with E-state index in [0.29, 0.717) is 17.4 Å². The van der Waals surface area contributed by atoms with Gasteiger partial charge in [-0.05, 0) is 116 Å². The van der Waals surface area contributed by atoms with Crippen molar-refractivity contribution in [2.24, 2.45) is 0 Å². The number of hydrogen-bond acceptors (Lipinski definition) is 5. The predicted molar refractivity (Wildman–Crippen MR) is 313 cm³/mol. The number of nitrogens with zero attached hydrogens (tertiary/aromatic N) is 1. The Morgan fingerprint density at radius 3 is 1.26 bits per heavy atom. The number of quaternary nitrogens is 1. The van der Waals surface area contributed by atoms with Crippen LogP contribution in [0.15, 0.2) is 158 Å². The molecule has 0 radical (unpaired) electrons. The summed E-state index contributed by atoms with van der Waals surface area (Å²) in [4.78, 5) is 23.2. The van der Waals surface area contributed by atoms with Crippen molar-refractivity contribution >= 4 is 13.7 Å². The number of aliphatic hydroxyl groups is 1. The van der Waals surface area contributed by atoms with E-state index in [0.717, 1.165) is 135 Å². The number of carbonyl (C=O) groups is 1. The van der Waals surface area contributed by atoms with Crippen molar-refractivity contribution in [1.82, 2.24) is 5.32 Å². The van der Waals surface area contributed by atoms with Gasteiger partial charge in [-0.25, -0.2) is 4.57 Å². The lowest BCUT2D eigenvalue weighted by molar-refractivity contribution is -0.870. The molecule has 406 valence electrons. The fourth-order valence-electron chi connectivity index (χ4n) is 6.87. The molecule has 8 nitrogen and oxygen atoms in total. The van der Waals surface area contributed by atoms with Crippen molar-refractivity contribution in [2.45, 2.75) is 193 Å². The molecule has 0 fully saturated rings. The number of hydrogen-bond donors (Lipinski definition) is 3. The lowest BCUT2D eigenvalue weighted by atomic mass is 10.1. The van der Waals surface area contributed by atoms with E-state index in [9.17, 15) is 19.4 Å². The number of nitrogens with one attached hydrogen (secondary N) is 1. The fraction of sp³-hybridized carbons (Fsp3) is 0.571. The molecule has 72 heavy (non-hydrogen) atoms. The minimum absolute atomic E-state index is 0.0431. The van der Waals surface area contributed by atoms with E-state index in [4.69, 9.17) is 9.05 Å². The second-order valence-corrected chi connectivity index (χ2v) is 20.7. The molecular formula is C63H104N2O6P+. The Bertz CT molecular complexity index is 1720. The zero-order valence-electron chi connectivity index (χ0n) is 46.1. The van der Waals surface area contributed by atoms with E-state index in [1.165, 1.54) is 25.7 Å². The SMILES string of the molecule is CC/C=C\C/C=C\C/C=C\C/C=C\C/C=C\C/C=C\C/C=C\C/C=C\C/C=C\C/C=C\CCCCCCCCCCC(=O)NC(COP(=O)(O)OCC[N+](C)(C)C)C(O)/C=C/CC/C=C/CC/C=C/CCC. The van der Waals surface area contributed by atoms with Crippen LogP contribution in [-0.2, 0) is 18.4 Å². The van der Waals surface area contributed by atoms with Crippen LogP contribution < -0.4 is 5.32 Å². The van der Waals surface area contributed by atoms with Crippen LogP contribution in [0.4, 0.5) is 0 Å². The first kappa shape index (κ1) is 68.1. The third kappa shape index (κ3) is 53.9. The van der Waals surface area contributed by atoms with Gasteiger partial charge in [-0.1, -0.05) is 217 Å². The summed E-state index contributed by atoms with van der Waals surface area (Å²) in [5, 5.41) is 13.8. The number of unbranched alkanes of at least 4 members (excludes halogenated alkanes) is 11. The molecular weight excluding hydrogens is 912 g/mol. The highest BCUT2D eigenvalue weighted by Gasteiger charge is 2.27. The summed E-state index contributed by atoms with van der Waals surface area (Å²) in [5.74, 6) is -0.210. The highest BCUT2D eigenvalue weighted by molar-refractivity contribution is 7.47. The average molecular weight is 1020 g/mol. The number of phosphoric acid groups is 1. The molecule has 0 aliphatic carbocycles. The van der Waals surface area contributed by atoms with Crippen LogP contribution in [0.1, 0.15) is 181 Å².